The Kier molecular flexibility index (Phi) is 6.03. The lowest BCUT2D eigenvalue weighted by molar-refractivity contribution is -0.153. The predicted molar refractivity (Wildman–Crippen MR) is 115 cm³/mol. The van der Waals surface area contributed by atoms with Crippen molar-refractivity contribution in [3.05, 3.63) is 35.4 Å². The number of aliphatic hydroxyl groups is 1. The number of rotatable bonds is 6. The lowest BCUT2D eigenvalue weighted by Crippen LogP contribution is -2.54. The summed E-state index contributed by atoms with van der Waals surface area (Å²) < 4.78 is 18.5. The first kappa shape index (κ1) is 23.1. The maximum Gasteiger partial charge on any atom is 0.261 e. The largest absolute Gasteiger partial charge is 0.414 e. The number of hydrogen-bond donors (Lipinski definition) is 1. The molecule has 0 aliphatic carbocycles. The van der Waals surface area contributed by atoms with Crippen LogP contribution in [0.3, 0.4) is 0 Å². The zero-order chi connectivity index (χ0) is 22.5. The Balaban J connectivity index is 1.85. The molecule has 1 saturated heterocycles. The molecule has 2 amide bonds. The second-order valence-electron chi connectivity index (χ2n) is 9.99. The van der Waals surface area contributed by atoms with Crippen LogP contribution in [0.5, 0.6) is 0 Å². The normalized spacial score (nSPS) is 25.0. The molecule has 3 rings (SSSR count). The quantitative estimate of drug-likeness (QED) is 0.546. The van der Waals surface area contributed by atoms with Crippen LogP contribution in [0.4, 0.5) is 0 Å². The minimum Gasteiger partial charge on any atom is -0.414 e. The van der Waals surface area contributed by atoms with Crippen molar-refractivity contribution in [2.24, 2.45) is 0 Å². The predicted octanol–water partition coefficient (Wildman–Crippen LogP) is 3.19. The first-order valence-corrected chi connectivity index (χ1v) is 13.3. The van der Waals surface area contributed by atoms with E-state index < -0.39 is 50.8 Å². The molecule has 3 atom stereocenters. The summed E-state index contributed by atoms with van der Waals surface area (Å²) in [6.45, 7) is 14.2. The highest BCUT2D eigenvalue weighted by Crippen LogP contribution is 2.39. The Morgan fingerprint density at radius 2 is 1.67 bits per heavy atom. The number of nitrogens with zero attached hydrogens (tertiary/aromatic N) is 1. The lowest BCUT2D eigenvalue weighted by atomic mass is 10.1. The number of imide groups is 1. The SMILES string of the molecule is CC1(C)O[C@@H]([C@@H](CO)N2C(=O)c3ccccc3C2=O)[C@H](CO[Si](C)(C)C(C)(C)C)O1. The van der Waals surface area contributed by atoms with Crippen LogP contribution in [0.25, 0.3) is 0 Å². The van der Waals surface area contributed by atoms with Crippen LogP contribution in [-0.2, 0) is 13.9 Å². The van der Waals surface area contributed by atoms with Gasteiger partial charge in [0.05, 0.1) is 30.4 Å². The van der Waals surface area contributed by atoms with Gasteiger partial charge in [-0.05, 0) is 44.1 Å². The van der Waals surface area contributed by atoms with Gasteiger partial charge in [0, 0.05) is 0 Å². The molecule has 0 radical (unpaired) electrons. The highest BCUT2D eigenvalue weighted by Gasteiger charge is 2.52. The van der Waals surface area contributed by atoms with Gasteiger partial charge >= 0.3 is 0 Å². The number of ether oxygens (including phenoxy) is 2. The Hall–Kier alpha value is -1.58. The first-order chi connectivity index (χ1) is 13.8. The molecule has 8 heteroatoms. The number of carbonyl (C=O) groups excluding carboxylic acids is 2. The van der Waals surface area contributed by atoms with E-state index in [4.69, 9.17) is 13.9 Å². The molecule has 1 aromatic carbocycles. The van der Waals surface area contributed by atoms with Crippen LogP contribution in [0.2, 0.25) is 18.1 Å². The maximum atomic E-state index is 13.0. The summed E-state index contributed by atoms with van der Waals surface area (Å²) in [4.78, 5) is 27.0. The van der Waals surface area contributed by atoms with E-state index in [1.54, 1.807) is 38.1 Å². The van der Waals surface area contributed by atoms with E-state index in [-0.39, 0.29) is 11.6 Å². The Labute approximate surface area is 179 Å². The van der Waals surface area contributed by atoms with E-state index in [1.807, 2.05) is 0 Å². The van der Waals surface area contributed by atoms with Crippen LogP contribution in [-0.4, -0.2) is 67.4 Å². The maximum absolute atomic E-state index is 13.0. The van der Waals surface area contributed by atoms with Crippen molar-refractivity contribution in [2.75, 3.05) is 13.2 Å². The molecule has 2 aliphatic rings. The standard InChI is InChI=1S/C22H33NO6Si/c1-21(2,3)30(6,7)27-13-17-18(29-22(4,5)28-17)16(12-24)23-19(25)14-10-8-9-11-15(14)20(23)26/h8-11,16-18,24H,12-13H2,1-7H3/t16-,17+,18+/m1/s1. The Bertz CT molecular complexity index is 796. The number of amides is 2. The summed E-state index contributed by atoms with van der Waals surface area (Å²) in [5, 5.41) is 10.2. The van der Waals surface area contributed by atoms with Gasteiger partial charge in [0.15, 0.2) is 14.1 Å². The summed E-state index contributed by atoms with van der Waals surface area (Å²) in [5.74, 6) is -1.77. The van der Waals surface area contributed by atoms with Crippen molar-refractivity contribution in [3.8, 4) is 0 Å². The molecule has 0 bridgehead atoms. The van der Waals surface area contributed by atoms with Gasteiger partial charge in [-0.25, -0.2) is 0 Å². The molecule has 166 valence electrons. The van der Waals surface area contributed by atoms with Crippen LogP contribution >= 0.6 is 0 Å². The molecule has 0 saturated carbocycles. The highest BCUT2D eigenvalue weighted by molar-refractivity contribution is 6.74. The molecule has 2 aliphatic heterocycles. The molecule has 1 fully saturated rings. The fourth-order valence-corrected chi connectivity index (χ4v) is 4.68. The van der Waals surface area contributed by atoms with E-state index in [2.05, 4.69) is 33.9 Å². The van der Waals surface area contributed by atoms with Crippen LogP contribution < -0.4 is 0 Å². The van der Waals surface area contributed by atoms with Crippen LogP contribution in [0, 0.1) is 0 Å². The van der Waals surface area contributed by atoms with Gasteiger partial charge in [-0.1, -0.05) is 32.9 Å². The average Bonchev–Trinajstić information content (AvgIpc) is 3.09. The zero-order valence-corrected chi connectivity index (χ0v) is 19.9. The van der Waals surface area contributed by atoms with Gasteiger partial charge in [-0.3, -0.25) is 14.5 Å². The van der Waals surface area contributed by atoms with Crippen molar-refractivity contribution in [3.63, 3.8) is 0 Å². The van der Waals surface area contributed by atoms with E-state index >= 15 is 0 Å². The molecule has 1 N–H and O–H groups in total. The van der Waals surface area contributed by atoms with Crippen molar-refractivity contribution >= 4 is 20.1 Å². The second-order valence-corrected chi connectivity index (χ2v) is 14.8. The lowest BCUT2D eigenvalue weighted by Gasteiger charge is -2.38. The summed E-state index contributed by atoms with van der Waals surface area (Å²) >= 11 is 0. The monoisotopic (exact) mass is 435 g/mol. The van der Waals surface area contributed by atoms with Crippen molar-refractivity contribution in [1.29, 1.82) is 0 Å². The molecule has 0 aromatic heterocycles. The highest BCUT2D eigenvalue weighted by atomic mass is 28.4. The van der Waals surface area contributed by atoms with E-state index in [9.17, 15) is 14.7 Å². The summed E-state index contributed by atoms with van der Waals surface area (Å²) in [5.41, 5.74) is 0.682. The van der Waals surface area contributed by atoms with Gasteiger partial charge in [0.2, 0.25) is 0 Å². The molecule has 0 unspecified atom stereocenters. The topological polar surface area (TPSA) is 85.3 Å². The van der Waals surface area contributed by atoms with E-state index in [1.165, 1.54) is 0 Å². The fraction of sp³-hybridized carbons (Fsp3) is 0.636. The third kappa shape index (κ3) is 4.11. The number of fused-ring (bicyclic) bond motifs is 1. The van der Waals surface area contributed by atoms with Crippen LogP contribution in [0.1, 0.15) is 55.3 Å². The third-order valence-corrected chi connectivity index (χ3v) is 10.9. The average molecular weight is 436 g/mol. The fourth-order valence-electron chi connectivity index (χ4n) is 3.67. The molecular weight excluding hydrogens is 402 g/mol. The summed E-state index contributed by atoms with van der Waals surface area (Å²) in [7, 11) is -2.05. The van der Waals surface area contributed by atoms with E-state index in [0.29, 0.717) is 11.1 Å². The summed E-state index contributed by atoms with van der Waals surface area (Å²) in [6, 6.07) is 5.81. The van der Waals surface area contributed by atoms with Crippen LogP contribution in [0.15, 0.2) is 24.3 Å². The first-order valence-electron chi connectivity index (χ1n) is 10.4. The van der Waals surface area contributed by atoms with Gasteiger partial charge in [0.25, 0.3) is 11.8 Å². The molecular formula is C22H33NO6Si. The number of aliphatic hydroxyl groups excluding tert-OH is 1. The Morgan fingerprint density at radius 1 is 1.13 bits per heavy atom. The van der Waals surface area contributed by atoms with Crippen molar-refractivity contribution < 1.29 is 28.6 Å². The van der Waals surface area contributed by atoms with E-state index in [0.717, 1.165) is 4.90 Å². The molecule has 0 spiro atoms. The van der Waals surface area contributed by atoms with Crippen molar-refractivity contribution in [1.82, 2.24) is 4.90 Å². The van der Waals surface area contributed by atoms with Gasteiger partial charge in [0.1, 0.15) is 12.2 Å². The van der Waals surface area contributed by atoms with Gasteiger partial charge < -0.3 is 19.0 Å². The second kappa shape index (κ2) is 7.83. The van der Waals surface area contributed by atoms with Gasteiger partial charge in [-0.15, -0.1) is 0 Å². The number of benzene rings is 1. The molecule has 1 aromatic rings. The molecule has 7 nitrogen and oxygen atoms in total. The van der Waals surface area contributed by atoms with Crippen molar-refractivity contribution in [2.45, 2.75) is 76.8 Å². The Morgan fingerprint density at radius 3 is 2.13 bits per heavy atom. The summed E-state index contributed by atoms with van der Waals surface area (Å²) in [6.07, 6.45) is -1.22. The molecule has 30 heavy (non-hydrogen) atoms. The molecule has 2 heterocycles. The third-order valence-electron chi connectivity index (χ3n) is 6.36. The van der Waals surface area contributed by atoms with Gasteiger partial charge in [-0.2, -0.15) is 0 Å². The minimum absolute atomic E-state index is 0.0242. The number of carbonyl (C=O) groups is 2. The minimum atomic E-state index is -2.05. The smallest absolute Gasteiger partial charge is 0.261 e. The number of hydrogen-bond acceptors (Lipinski definition) is 6. The zero-order valence-electron chi connectivity index (χ0n) is 18.9.